The molecular formula is C18H16N4O4S. The van der Waals surface area contributed by atoms with Gasteiger partial charge in [0.25, 0.3) is 15.9 Å². The maximum atomic E-state index is 13.4. The first-order chi connectivity index (χ1) is 12.9. The zero-order valence-corrected chi connectivity index (χ0v) is 15.3. The summed E-state index contributed by atoms with van der Waals surface area (Å²) in [5.74, 6) is 0.514. The third-order valence-corrected chi connectivity index (χ3v) is 6.78. The number of carbonyl (C=O) groups is 1. The zero-order valence-electron chi connectivity index (χ0n) is 14.5. The average molecular weight is 384 g/mol. The molecule has 0 bridgehead atoms. The van der Waals surface area contributed by atoms with Crippen LogP contribution < -0.4 is 14.4 Å². The van der Waals surface area contributed by atoms with Crippen LogP contribution in [0.1, 0.15) is 5.56 Å². The molecule has 1 amide bonds. The van der Waals surface area contributed by atoms with Gasteiger partial charge in [-0.1, -0.05) is 12.1 Å². The smallest absolute Gasteiger partial charge is 0.267 e. The number of aryl methyl sites for hydroxylation is 1. The largest absolute Gasteiger partial charge is 0.482 e. The molecule has 0 spiro atoms. The fourth-order valence-corrected chi connectivity index (χ4v) is 5.24. The van der Waals surface area contributed by atoms with Crippen molar-refractivity contribution in [3.8, 4) is 5.75 Å². The number of rotatable bonds is 2. The highest BCUT2D eigenvalue weighted by atomic mass is 32.2. The second-order valence-corrected chi connectivity index (χ2v) is 8.41. The lowest BCUT2D eigenvalue weighted by molar-refractivity contribution is -0.118. The van der Waals surface area contributed by atoms with E-state index >= 15 is 0 Å². The minimum Gasteiger partial charge on any atom is -0.482 e. The zero-order chi connectivity index (χ0) is 18.8. The van der Waals surface area contributed by atoms with Crippen LogP contribution in [0.2, 0.25) is 0 Å². The van der Waals surface area contributed by atoms with E-state index in [9.17, 15) is 13.2 Å². The number of aromatic nitrogens is 2. The van der Waals surface area contributed by atoms with E-state index < -0.39 is 10.0 Å². The molecule has 3 heterocycles. The molecule has 138 valence electrons. The fourth-order valence-electron chi connectivity index (χ4n) is 3.60. The summed E-state index contributed by atoms with van der Waals surface area (Å²) in [6, 6.07) is 10.7. The van der Waals surface area contributed by atoms with Gasteiger partial charge in [0.1, 0.15) is 5.75 Å². The van der Waals surface area contributed by atoms with E-state index in [-0.39, 0.29) is 17.4 Å². The highest BCUT2D eigenvalue weighted by Gasteiger charge is 2.35. The number of nitrogens with one attached hydrogen (secondary N) is 1. The van der Waals surface area contributed by atoms with Crippen molar-refractivity contribution in [3.63, 3.8) is 0 Å². The summed E-state index contributed by atoms with van der Waals surface area (Å²) in [6.07, 6.45) is 0. The van der Waals surface area contributed by atoms with Crippen LogP contribution in [-0.4, -0.2) is 37.0 Å². The number of carbonyl (C=O) groups excluding carboxylic acids is 1. The summed E-state index contributed by atoms with van der Waals surface area (Å²) < 4.78 is 35.4. The molecule has 0 unspecified atom stereocenters. The summed E-state index contributed by atoms with van der Waals surface area (Å²) in [5.41, 5.74) is 2.70. The van der Waals surface area contributed by atoms with Crippen LogP contribution in [0.3, 0.4) is 0 Å². The predicted molar refractivity (Wildman–Crippen MR) is 99.6 cm³/mol. The molecule has 1 aromatic heterocycles. The van der Waals surface area contributed by atoms with E-state index in [1.807, 2.05) is 28.8 Å². The van der Waals surface area contributed by atoms with Gasteiger partial charge in [0.2, 0.25) is 5.95 Å². The normalized spacial score (nSPS) is 16.0. The van der Waals surface area contributed by atoms with E-state index in [1.54, 1.807) is 13.0 Å². The van der Waals surface area contributed by atoms with Crippen LogP contribution in [0.25, 0.3) is 11.0 Å². The number of sulfonamides is 1. The third-order valence-electron chi connectivity index (χ3n) is 4.86. The first-order valence-corrected chi connectivity index (χ1v) is 9.94. The Morgan fingerprint density at radius 3 is 2.85 bits per heavy atom. The summed E-state index contributed by atoms with van der Waals surface area (Å²) >= 11 is 0. The van der Waals surface area contributed by atoms with Crippen molar-refractivity contribution in [1.82, 2.24) is 9.55 Å². The monoisotopic (exact) mass is 384 g/mol. The maximum absolute atomic E-state index is 13.4. The first-order valence-electron chi connectivity index (χ1n) is 8.50. The Morgan fingerprint density at radius 2 is 2.00 bits per heavy atom. The quantitative estimate of drug-likeness (QED) is 0.728. The minimum absolute atomic E-state index is 0.130. The maximum Gasteiger partial charge on any atom is 0.267 e. The number of nitrogens with zero attached hydrogens (tertiary/aromatic N) is 3. The van der Waals surface area contributed by atoms with Gasteiger partial charge < -0.3 is 14.6 Å². The van der Waals surface area contributed by atoms with E-state index in [0.717, 1.165) is 11.0 Å². The topological polar surface area (TPSA) is 93.5 Å². The van der Waals surface area contributed by atoms with Gasteiger partial charge in [0.15, 0.2) is 6.61 Å². The first kappa shape index (κ1) is 16.1. The molecule has 2 aliphatic rings. The average Bonchev–Trinajstić information content (AvgIpc) is 3.20. The number of anilines is 2. The fraction of sp³-hybridized carbons (Fsp3) is 0.222. The van der Waals surface area contributed by atoms with E-state index in [4.69, 9.17) is 4.74 Å². The lowest BCUT2D eigenvalue weighted by Crippen LogP contribution is -2.31. The molecule has 1 N–H and O–H groups in total. The van der Waals surface area contributed by atoms with E-state index in [2.05, 4.69) is 10.3 Å². The molecule has 0 saturated heterocycles. The Hall–Kier alpha value is -3.07. The lowest BCUT2D eigenvalue weighted by atomic mass is 10.2. The van der Waals surface area contributed by atoms with Gasteiger partial charge in [0.05, 0.1) is 28.2 Å². The molecule has 3 aromatic rings. The Labute approximate surface area is 155 Å². The highest BCUT2D eigenvalue weighted by molar-refractivity contribution is 7.92. The molecule has 2 aromatic carbocycles. The molecule has 8 nitrogen and oxygen atoms in total. The number of benzene rings is 2. The van der Waals surface area contributed by atoms with Crippen molar-refractivity contribution in [1.29, 1.82) is 0 Å². The molecule has 0 aliphatic carbocycles. The van der Waals surface area contributed by atoms with Crippen molar-refractivity contribution in [2.75, 3.05) is 22.8 Å². The van der Waals surface area contributed by atoms with Crippen molar-refractivity contribution in [2.24, 2.45) is 0 Å². The number of fused-ring (bicyclic) bond motifs is 4. The Morgan fingerprint density at radius 1 is 1.19 bits per heavy atom. The van der Waals surface area contributed by atoms with Crippen molar-refractivity contribution in [2.45, 2.75) is 18.4 Å². The van der Waals surface area contributed by atoms with Gasteiger partial charge in [0, 0.05) is 12.6 Å². The highest BCUT2D eigenvalue weighted by Crippen LogP contribution is 2.37. The van der Waals surface area contributed by atoms with Gasteiger partial charge in [-0.3, -0.25) is 4.79 Å². The van der Waals surface area contributed by atoms with Crippen LogP contribution in [0.15, 0.2) is 41.3 Å². The van der Waals surface area contributed by atoms with Gasteiger partial charge in [-0.25, -0.2) is 17.7 Å². The molecule has 0 saturated carbocycles. The van der Waals surface area contributed by atoms with Gasteiger partial charge >= 0.3 is 0 Å². The number of ether oxygens (including phenoxy) is 1. The van der Waals surface area contributed by atoms with Gasteiger partial charge in [-0.15, -0.1) is 0 Å². The SMILES string of the molecule is Cc1cc2c(cc1S(=O)(=O)N1CCn3c1nc1ccccc13)OCC(=O)N2. The van der Waals surface area contributed by atoms with E-state index in [0.29, 0.717) is 36.0 Å². The molecule has 0 atom stereocenters. The van der Waals surface area contributed by atoms with Crippen LogP contribution in [0, 0.1) is 6.92 Å². The lowest BCUT2D eigenvalue weighted by Gasteiger charge is -2.22. The molecule has 0 radical (unpaired) electrons. The van der Waals surface area contributed by atoms with Gasteiger partial charge in [-0.2, -0.15) is 0 Å². The minimum atomic E-state index is -3.82. The van der Waals surface area contributed by atoms with Crippen LogP contribution in [0.4, 0.5) is 11.6 Å². The number of amides is 1. The summed E-state index contributed by atoms with van der Waals surface area (Å²) in [7, 11) is -3.82. The number of hydrogen-bond acceptors (Lipinski definition) is 5. The Bertz CT molecular complexity index is 1220. The number of hydrogen-bond donors (Lipinski definition) is 1. The molecule has 9 heteroatoms. The number of para-hydroxylation sites is 2. The summed E-state index contributed by atoms with van der Waals surface area (Å²) in [4.78, 5) is 16.1. The third kappa shape index (κ3) is 2.31. The molecule has 0 fully saturated rings. The van der Waals surface area contributed by atoms with Crippen LogP contribution in [0.5, 0.6) is 5.75 Å². The van der Waals surface area contributed by atoms with E-state index in [1.165, 1.54) is 10.4 Å². The van der Waals surface area contributed by atoms with Crippen molar-refractivity contribution in [3.05, 3.63) is 42.0 Å². The second-order valence-electron chi connectivity index (χ2n) is 6.58. The number of imidazole rings is 1. The van der Waals surface area contributed by atoms with Crippen molar-refractivity contribution >= 4 is 38.6 Å². The standard InChI is InChI=1S/C18H16N4O4S/c1-11-8-13-15(26-10-17(23)19-13)9-16(11)27(24,25)22-7-6-21-14-5-3-2-4-12(14)20-18(21)22/h2-5,8-9H,6-7,10H2,1H3,(H,19,23). The predicted octanol–water partition coefficient (Wildman–Crippen LogP) is 1.88. The summed E-state index contributed by atoms with van der Waals surface area (Å²) in [6.45, 7) is 2.44. The van der Waals surface area contributed by atoms with Gasteiger partial charge in [-0.05, 0) is 30.7 Å². The molecule has 2 aliphatic heterocycles. The Balaban J connectivity index is 1.62. The molecular weight excluding hydrogens is 368 g/mol. The van der Waals surface area contributed by atoms with Crippen LogP contribution >= 0.6 is 0 Å². The molecule has 27 heavy (non-hydrogen) atoms. The van der Waals surface area contributed by atoms with Crippen molar-refractivity contribution < 1.29 is 17.9 Å². The van der Waals surface area contributed by atoms with Crippen LogP contribution in [-0.2, 0) is 21.4 Å². The summed E-state index contributed by atoms with van der Waals surface area (Å²) in [5, 5.41) is 2.69. The second kappa shape index (κ2) is 5.46. The Kier molecular flexibility index (Phi) is 3.26. The molecule has 5 rings (SSSR count).